The van der Waals surface area contributed by atoms with E-state index in [4.69, 9.17) is 0 Å². The van der Waals surface area contributed by atoms with Crippen LogP contribution in [0.15, 0.2) is 0 Å². The number of nitrogens with zero attached hydrogens (tertiary/aromatic N) is 1. The molecule has 0 saturated carbocycles. The molecule has 1 heterocycles. The van der Waals surface area contributed by atoms with Crippen LogP contribution in [-0.2, 0) is 9.59 Å². The maximum absolute atomic E-state index is 11.9. The van der Waals surface area contributed by atoms with Crippen LogP contribution in [0.5, 0.6) is 0 Å². The summed E-state index contributed by atoms with van der Waals surface area (Å²) >= 11 is 0. The van der Waals surface area contributed by atoms with E-state index in [2.05, 4.69) is 6.92 Å². The van der Waals surface area contributed by atoms with Crippen LogP contribution >= 0.6 is 0 Å². The zero-order valence-corrected chi connectivity index (χ0v) is 11.6. The van der Waals surface area contributed by atoms with Crippen molar-refractivity contribution in [3.05, 3.63) is 0 Å². The van der Waals surface area contributed by atoms with Gasteiger partial charge in [-0.2, -0.15) is 0 Å². The van der Waals surface area contributed by atoms with Crippen molar-refractivity contribution in [1.82, 2.24) is 4.90 Å². The number of likely N-dealkylation sites (tertiary alicyclic amines) is 1. The first-order chi connectivity index (χ1) is 8.55. The van der Waals surface area contributed by atoms with Crippen molar-refractivity contribution in [3.63, 3.8) is 0 Å². The summed E-state index contributed by atoms with van der Waals surface area (Å²) < 4.78 is 0. The highest BCUT2D eigenvalue weighted by atomic mass is 16.4. The third-order valence-electron chi connectivity index (χ3n) is 4.00. The lowest BCUT2D eigenvalue weighted by atomic mass is 9.75. The van der Waals surface area contributed by atoms with Gasteiger partial charge in [-0.3, -0.25) is 9.59 Å². The standard InChI is InChI=1S/C14H25NO3/c1-3-5-6-12(16)15-10-8-14(7-4-2,9-11-15)13(17)18/h3-11H2,1-2H3,(H,17,18). The van der Waals surface area contributed by atoms with Crippen molar-refractivity contribution < 1.29 is 14.7 Å². The number of carboxylic acids is 1. The number of carbonyl (C=O) groups excluding carboxylic acids is 1. The third kappa shape index (κ3) is 3.47. The number of aliphatic carboxylic acids is 1. The van der Waals surface area contributed by atoms with Crippen LogP contribution in [0.3, 0.4) is 0 Å². The quantitative estimate of drug-likeness (QED) is 0.793. The predicted molar refractivity (Wildman–Crippen MR) is 70.3 cm³/mol. The summed E-state index contributed by atoms with van der Waals surface area (Å²) in [6, 6.07) is 0. The Morgan fingerprint density at radius 2 is 1.78 bits per heavy atom. The molecule has 0 radical (unpaired) electrons. The summed E-state index contributed by atoms with van der Waals surface area (Å²) in [7, 11) is 0. The lowest BCUT2D eigenvalue weighted by Gasteiger charge is -2.39. The number of unbranched alkanes of at least 4 members (excludes halogenated alkanes) is 1. The molecule has 1 N–H and O–H groups in total. The summed E-state index contributed by atoms with van der Waals surface area (Å²) in [4.78, 5) is 25.1. The van der Waals surface area contributed by atoms with Crippen molar-refractivity contribution in [1.29, 1.82) is 0 Å². The van der Waals surface area contributed by atoms with E-state index >= 15 is 0 Å². The van der Waals surface area contributed by atoms with Crippen LogP contribution < -0.4 is 0 Å². The van der Waals surface area contributed by atoms with E-state index in [-0.39, 0.29) is 5.91 Å². The van der Waals surface area contributed by atoms with Crippen molar-refractivity contribution in [2.45, 2.75) is 58.8 Å². The van der Waals surface area contributed by atoms with Gasteiger partial charge in [0, 0.05) is 19.5 Å². The Morgan fingerprint density at radius 3 is 2.22 bits per heavy atom. The summed E-state index contributed by atoms with van der Waals surface area (Å²) in [5.74, 6) is -0.502. The molecule has 4 heteroatoms. The van der Waals surface area contributed by atoms with Crippen molar-refractivity contribution in [3.8, 4) is 0 Å². The van der Waals surface area contributed by atoms with Gasteiger partial charge in [0.1, 0.15) is 0 Å². The fourth-order valence-electron chi connectivity index (χ4n) is 2.72. The van der Waals surface area contributed by atoms with Crippen LogP contribution in [0.2, 0.25) is 0 Å². The molecule has 0 aliphatic carbocycles. The van der Waals surface area contributed by atoms with Gasteiger partial charge in [0.25, 0.3) is 0 Å². The van der Waals surface area contributed by atoms with E-state index in [9.17, 15) is 14.7 Å². The molecule has 0 spiro atoms. The molecule has 1 aliphatic heterocycles. The number of hydrogen-bond acceptors (Lipinski definition) is 2. The second-order valence-electron chi connectivity index (χ2n) is 5.32. The first-order valence-electron chi connectivity index (χ1n) is 7.07. The van der Waals surface area contributed by atoms with Gasteiger partial charge in [-0.25, -0.2) is 0 Å². The second-order valence-corrected chi connectivity index (χ2v) is 5.32. The highest BCUT2D eigenvalue weighted by molar-refractivity contribution is 5.78. The molecule has 1 fully saturated rings. The third-order valence-corrected chi connectivity index (χ3v) is 4.00. The maximum Gasteiger partial charge on any atom is 0.309 e. The molecule has 0 aromatic rings. The van der Waals surface area contributed by atoms with Gasteiger partial charge >= 0.3 is 5.97 Å². The van der Waals surface area contributed by atoms with E-state index in [1.165, 1.54) is 0 Å². The Balaban J connectivity index is 2.52. The zero-order valence-electron chi connectivity index (χ0n) is 11.6. The summed E-state index contributed by atoms with van der Waals surface area (Å²) in [6.45, 7) is 5.30. The summed E-state index contributed by atoms with van der Waals surface area (Å²) in [5.41, 5.74) is -0.587. The lowest BCUT2D eigenvalue weighted by molar-refractivity contribution is -0.155. The Morgan fingerprint density at radius 1 is 1.17 bits per heavy atom. The Hall–Kier alpha value is -1.06. The molecule has 1 aliphatic rings. The van der Waals surface area contributed by atoms with E-state index in [1.54, 1.807) is 0 Å². The minimum Gasteiger partial charge on any atom is -0.481 e. The normalized spacial score (nSPS) is 18.7. The topological polar surface area (TPSA) is 57.6 Å². The first-order valence-corrected chi connectivity index (χ1v) is 7.07. The molecule has 18 heavy (non-hydrogen) atoms. The van der Waals surface area contributed by atoms with Gasteiger partial charge in [-0.15, -0.1) is 0 Å². The van der Waals surface area contributed by atoms with E-state index in [0.29, 0.717) is 32.4 Å². The molecule has 1 rings (SSSR count). The first kappa shape index (κ1) is 15.0. The van der Waals surface area contributed by atoms with Gasteiger partial charge in [-0.05, 0) is 25.7 Å². The van der Waals surface area contributed by atoms with E-state index in [1.807, 2.05) is 11.8 Å². The molecule has 0 aromatic carbocycles. The zero-order chi connectivity index (χ0) is 13.6. The number of carbonyl (C=O) groups is 2. The molecule has 0 aromatic heterocycles. The average molecular weight is 255 g/mol. The molecule has 0 unspecified atom stereocenters. The Bertz CT molecular complexity index is 293. The van der Waals surface area contributed by atoms with Crippen molar-refractivity contribution in [2.24, 2.45) is 5.41 Å². The van der Waals surface area contributed by atoms with Gasteiger partial charge in [0.05, 0.1) is 5.41 Å². The SMILES string of the molecule is CCCCC(=O)N1CCC(CCC)(C(=O)O)CC1. The van der Waals surface area contributed by atoms with Gasteiger partial charge in [0.2, 0.25) is 5.91 Å². The highest BCUT2D eigenvalue weighted by Gasteiger charge is 2.41. The molecule has 0 atom stereocenters. The number of piperidine rings is 1. The minimum atomic E-state index is -0.690. The van der Waals surface area contributed by atoms with Crippen LogP contribution in [0.25, 0.3) is 0 Å². The maximum atomic E-state index is 11.9. The highest BCUT2D eigenvalue weighted by Crippen LogP contribution is 2.36. The number of hydrogen-bond donors (Lipinski definition) is 1. The van der Waals surface area contributed by atoms with Gasteiger partial charge in [-0.1, -0.05) is 26.7 Å². The molecule has 4 nitrogen and oxygen atoms in total. The lowest BCUT2D eigenvalue weighted by Crippen LogP contribution is -2.46. The average Bonchev–Trinajstić information content (AvgIpc) is 2.37. The predicted octanol–water partition coefficient (Wildman–Crippen LogP) is 2.67. The fraction of sp³-hybridized carbons (Fsp3) is 0.857. The largest absolute Gasteiger partial charge is 0.481 e. The number of rotatable bonds is 6. The molecule has 1 amide bonds. The van der Waals surface area contributed by atoms with Crippen molar-refractivity contribution >= 4 is 11.9 Å². The van der Waals surface area contributed by atoms with Gasteiger partial charge < -0.3 is 10.0 Å². The monoisotopic (exact) mass is 255 g/mol. The molecular weight excluding hydrogens is 230 g/mol. The summed E-state index contributed by atoms with van der Waals surface area (Å²) in [6.07, 6.45) is 5.37. The number of carboxylic acid groups (broad SMARTS) is 1. The number of amides is 1. The Labute approximate surface area is 109 Å². The van der Waals surface area contributed by atoms with Crippen molar-refractivity contribution in [2.75, 3.05) is 13.1 Å². The smallest absolute Gasteiger partial charge is 0.309 e. The summed E-state index contributed by atoms with van der Waals surface area (Å²) in [5, 5.41) is 9.38. The fourth-order valence-corrected chi connectivity index (χ4v) is 2.72. The van der Waals surface area contributed by atoms with Crippen LogP contribution in [0.4, 0.5) is 0 Å². The second kappa shape index (κ2) is 6.76. The molecule has 104 valence electrons. The van der Waals surface area contributed by atoms with E-state index < -0.39 is 11.4 Å². The van der Waals surface area contributed by atoms with Crippen LogP contribution in [0, 0.1) is 5.41 Å². The molecule has 1 saturated heterocycles. The minimum absolute atomic E-state index is 0.187. The molecular formula is C14H25NO3. The van der Waals surface area contributed by atoms with E-state index in [0.717, 1.165) is 25.7 Å². The van der Waals surface area contributed by atoms with Gasteiger partial charge in [0.15, 0.2) is 0 Å². The van der Waals surface area contributed by atoms with Crippen LogP contribution in [-0.4, -0.2) is 35.0 Å². The molecule has 0 bridgehead atoms. The Kier molecular flexibility index (Phi) is 5.63. The van der Waals surface area contributed by atoms with Crippen LogP contribution in [0.1, 0.15) is 58.8 Å².